The molecule has 6 nitrogen and oxygen atoms in total. The molecule has 2 atom stereocenters. The molecule has 3 heterocycles. The lowest BCUT2D eigenvalue weighted by Gasteiger charge is -2.52. The third-order valence-corrected chi connectivity index (χ3v) is 6.86. The van der Waals surface area contributed by atoms with Crippen molar-refractivity contribution < 1.29 is 18.9 Å². The van der Waals surface area contributed by atoms with Gasteiger partial charge in [-0.2, -0.15) is 5.10 Å². The molecule has 1 saturated heterocycles. The second-order valence-corrected chi connectivity index (χ2v) is 9.86. The number of rotatable bonds is 3. The van der Waals surface area contributed by atoms with Crippen LogP contribution in [0.1, 0.15) is 50.3 Å². The molecule has 1 fully saturated rings. The standard InChI is InChI=1S/C24H27BrN2O4/c1-23(2)14-24(9-10-30-23)27-20(18-11-15(25)5-8-21(18)31-24)13-19(26-27)17-7-6-16(28-3)12-22(17)29-4/h5-8,11-12,20H,9-10,13-14H2,1-4H3/t20-,24-/m1/s1. The summed E-state index contributed by atoms with van der Waals surface area (Å²) in [4.78, 5) is 0. The first kappa shape index (κ1) is 20.6. The molecule has 3 aliphatic heterocycles. The second kappa shape index (κ2) is 7.41. The number of methoxy groups -OCH3 is 2. The molecule has 7 heteroatoms. The van der Waals surface area contributed by atoms with Crippen molar-refractivity contribution in [2.24, 2.45) is 5.10 Å². The van der Waals surface area contributed by atoms with Gasteiger partial charge in [0.1, 0.15) is 17.2 Å². The predicted molar refractivity (Wildman–Crippen MR) is 122 cm³/mol. The summed E-state index contributed by atoms with van der Waals surface area (Å²) in [6, 6.07) is 12.2. The van der Waals surface area contributed by atoms with E-state index in [-0.39, 0.29) is 11.6 Å². The highest BCUT2D eigenvalue weighted by molar-refractivity contribution is 9.10. The van der Waals surface area contributed by atoms with Gasteiger partial charge in [-0.25, -0.2) is 5.01 Å². The average Bonchev–Trinajstić information content (AvgIpc) is 3.20. The number of hydrazone groups is 1. The maximum Gasteiger partial charge on any atom is 0.203 e. The van der Waals surface area contributed by atoms with Gasteiger partial charge in [-0.05, 0) is 44.2 Å². The van der Waals surface area contributed by atoms with Crippen molar-refractivity contribution >= 4 is 21.6 Å². The van der Waals surface area contributed by atoms with E-state index in [0.717, 1.165) is 57.8 Å². The molecule has 3 aliphatic rings. The quantitative estimate of drug-likeness (QED) is 0.589. The van der Waals surface area contributed by atoms with E-state index in [1.165, 1.54) is 0 Å². The maximum atomic E-state index is 6.71. The van der Waals surface area contributed by atoms with Gasteiger partial charge >= 0.3 is 0 Å². The average molecular weight is 487 g/mol. The van der Waals surface area contributed by atoms with Crippen LogP contribution in [0, 0.1) is 0 Å². The molecular weight excluding hydrogens is 460 g/mol. The summed E-state index contributed by atoms with van der Waals surface area (Å²) < 4.78 is 24.8. The van der Waals surface area contributed by atoms with Crippen LogP contribution in [-0.4, -0.2) is 42.9 Å². The molecule has 0 aromatic heterocycles. The van der Waals surface area contributed by atoms with Gasteiger partial charge in [0, 0.05) is 40.9 Å². The first-order chi connectivity index (χ1) is 14.8. The SMILES string of the molecule is COc1ccc(C2=NN3[C@H](C2)c2cc(Br)ccc2O[C@@]32CCOC(C)(C)C2)c(OC)c1. The van der Waals surface area contributed by atoms with E-state index in [2.05, 4.69) is 46.9 Å². The minimum atomic E-state index is -0.533. The third kappa shape index (κ3) is 3.48. The van der Waals surface area contributed by atoms with Crippen LogP contribution in [0.5, 0.6) is 17.2 Å². The number of fused-ring (bicyclic) bond motifs is 4. The summed E-state index contributed by atoms with van der Waals surface area (Å²) >= 11 is 3.63. The molecule has 2 aromatic carbocycles. The van der Waals surface area contributed by atoms with Crippen LogP contribution >= 0.6 is 15.9 Å². The summed E-state index contributed by atoms with van der Waals surface area (Å²) in [5.74, 6) is 2.45. The molecule has 0 aliphatic carbocycles. The van der Waals surface area contributed by atoms with Crippen LogP contribution in [0.2, 0.25) is 0 Å². The van der Waals surface area contributed by atoms with Crippen LogP contribution in [0.4, 0.5) is 0 Å². The van der Waals surface area contributed by atoms with Crippen molar-refractivity contribution in [3.8, 4) is 17.2 Å². The highest BCUT2D eigenvalue weighted by Crippen LogP contribution is 2.52. The maximum absolute atomic E-state index is 6.71. The molecule has 0 saturated carbocycles. The number of ether oxygens (including phenoxy) is 4. The van der Waals surface area contributed by atoms with Crippen LogP contribution < -0.4 is 14.2 Å². The molecule has 0 bridgehead atoms. The van der Waals surface area contributed by atoms with Gasteiger partial charge in [0.25, 0.3) is 0 Å². The zero-order valence-electron chi connectivity index (χ0n) is 18.3. The summed E-state index contributed by atoms with van der Waals surface area (Å²) in [5, 5.41) is 7.33. The first-order valence-electron chi connectivity index (χ1n) is 10.6. The van der Waals surface area contributed by atoms with Gasteiger partial charge in [-0.3, -0.25) is 0 Å². The Hall–Kier alpha value is -2.25. The zero-order chi connectivity index (χ0) is 21.8. The van der Waals surface area contributed by atoms with E-state index in [1.807, 2.05) is 24.3 Å². The monoisotopic (exact) mass is 486 g/mol. The fraction of sp³-hybridized carbons (Fsp3) is 0.458. The Bertz CT molecular complexity index is 1050. The summed E-state index contributed by atoms with van der Waals surface area (Å²) in [7, 11) is 3.34. The van der Waals surface area contributed by atoms with Gasteiger partial charge < -0.3 is 18.9 Å². The van der Waals surface area contributed by atoms with E-state index in [1.54, 1.807) is 14.2 Å². The van der Waals surface area contributed by atoms with Gasteiger partial charge in [-0.1, -0.05) is 15.9 Å². The number of benzene rings is 2. The third-order valence-electron chi connectivity index (χ3n) is 6.37. The normalized spacial score (nSPS) is 26.0. The Kier molecular flexibility index (Phi) is 4.94. The number of nitrogens with zero attached hydrogens (tertiary/aromatic N) is 2. The van der Waals surface area contributed by atoms with E-state index in [0.29, 0.717) is 6.61 Å². The van der Waals surface area contributed by atoms with Gasteiger partial charge in [0.15, 0.2) is 0 Å². The highest BCUT2D eigenvalue weighted by atomic mass is 79.9. The Morgan fingerprint density at radius 1 is 1.13 bits per heavy atom. The van der Waals surface area contributed by atoms with Gasteiger partial charge in [0.05, 0.1) is 38.2 Å². The van der Waals surface area contributed by atoms with Gasteiger partial charge in [-0.15, -0.1) is 0 Å². The summed E-state index contributed by atoms with van der Waals surface area (Å²) in [6.45, 7) is 4.88. The molecule has 1 spiro atoms. The molecule has 0 unspecified atom stereocenters. The smallest absolute Gasteiger partial charge is 0.203 e. The van der Waals surface area contributed by atoms with Crippen LogP contribution in [0.3, 0.4) is 0 Å². The number of hydrogen-bond donors (Lipinski definition) is 0. The molecule has 0 amide bonds. The first-order valence-corrected chi connectivity index (χ1v) is 11.4. The Morgan fingerprint density at radius 2 is 1.97 bits per heavy atom. The van der Waals surface area contributed by atoms with Crippen LogP contribution in [0.25, 0.3) is 0 Å². The minimum Gasteiger partial charge on any atom is -0.497 e. The highest BCUT2D eigenvalue weighted by Gasteiger charge is 2.54. The van der Waals surface area contributed by atoms with E-state index in [9.17, 15) is 0 Å². The zero-order valence-corrected chi connectivity index (χ0v) is 19.9. The molecule has 2 aromatic rings. The van der Waals surface area contributed by atoms with Crippen molar-refractivity contribution in [2.45, 2.75) is 50.5 Å². The van der Waals surface area contributed by atoms with Crippen molar-refractivity contribution in [1.82, 2.24) is 5.01 Å². The second-order valence-electron chi connectivity index (χ2n) is 8.94. The lowest BCUT2D eigenvalue weighted by molar-refractivity contribution is -0.212. The van der Waals surface area contributed by atoms with Crippen molar-refractivity contribution in [2.75, 3.05) is 20.8 Å². The van der Waals surface area contributed by atoms with E-state index < -0.39 is 5.72 Å². The molecular formula is C24H27BrN2O4. The van der Waals surface area contributed by atoms with Crippen molar-refractivity contribution in [3.63, 3.8) is 0 Å². The van der Waals surface area contributed by atoms with Gasteiger partial charge in [0.2, 0.25) is 5.72 Å². The topological polar surface area (TPSA) is 52.5 Å². The lowest BCUT2D eigenvalue weighted by Crippen LogP contribution is -2.60. The van der Waals surface area contributed by atoms with Crippen LogP contribution in [-0.2, 0) is 4.74 Å². The summed E-state index contributed by atoms with van der Waals surface area (Å²) in [5.41, 5.74) is 2.30. The van der Waals surface area contributed by atoms with E-state index in [4.69, 9.17) is 24.0 Å². The van der Waals surface area contributed by atoms with Crippen molar-refractivity contribution in [1.29, 1.82) is 0 Å². The molecule has 5 rings (SSSR count). The van der Waals surface area contributed by atoms with Crippen molar-refractivity contribution in [3.05, 3.63) is 52.0 Å². The lowest BCUT2D eigenvalue weighted by atomic mass is 9.86. The molecule has 0 radical (unpaired) electrons. The molecule has 0 N–H and O–H groups in total. The Labute approximate surface area is 191 Å². The summed E-state index contributed by atoms with van der Waals surface area (Å²) in [6.07, 6.45) is 2.28. The number of halogens is 1. The van der Waals surface area contributed by atoms with Crippen LogP contribution in [0.15, 0.2) is 46.0 Å². The molecule has 31 heavy (non-hydrogen) atoms. The Balaban J connectivity index is 1.62. The number of hydrogen-bond acceptors (Lipinski definition) is 6. The minimum absolute atomic E-state index is 0.0944. The van der Waals surface area contributed by atoms with E-state index >= 15 is 0 Å². The molecule has 164 valence electrons. The Morgan fingerprint density at radius 3 is 2.71 bits per heavy atom. The fourth-order valence-corrected chi connectivity index (χ4v) is 5.40. The largest absolute Gasteiger partial charge is 0.497 e. The fourth-order valence-electron chi connectivity index (χ4n) is 5.03. The predicted octanol–water partition coefficient (Wildman–Crippen LogP) is 5.30.